The number of hydrogen-bond acceptors (Lipinski definition) is 8. The van der Waals surface area contributed by atoms with Crippen LogP contribution in [-0.2, 0) is 0 Å². The van der Waals surface area contributed by atoms with Gasteiger partial charge in [-0.1, -0.05) is 12.0 Å². The first-order valence-corrected chi connectivity index (χ1v) is 14.0. The number of phenolic OH excluding ortho intramolecular Hbond substituents is 1. The van der Waals surface area contributed by atoms with Crippen molar-refractivity contribution >= 4 is 27.5 Å². The van der Waals surface area contributed by atoms with Gasteiger partial charge in [-0.25, -0.2) is 28.4 Å². The number of alkyl halides is 2. The van der Waals surface area contributed by atoms with Gasteiger partial charge in [0.15, 0.2) is 0 Å². The van der Waals surface area contributed by atoms with Crippen LogP contribution in [0.2, 0.25) is 0 Å². The van der Waals surface area contributed by atoms with E-state index >= 15 is 0 Å². The molecule has 0 spiro atoms. The van der Waals surface area contributed by atoms with Gasteiger partial charge in [0.2, 0.25) is 0 Å². The van der Waals surface area contributed by atoms with Crippen molar-refractivity contribution in [3.63, 3.8) is 0 Å². The Labute approximate surface area is 247 Å². The fourth-order valence-corrected chi connectivity index (χ4v) is 6.18. The summed E-state index contributed by atoms with van der Waals surface area (Å²) in [6, 6.07) is 8.30. The predicted molar refractivity (Wildman–Crippen MR) is 159 cm³/mol. The minimum atomic E-state index is -0.960. The lowest BCUT2D eigenvalue weighted by Gasteiger charge is -2.20. The van der Waals surface area contributed by atoms with Crippen LogP contribution in [0.1, 0.15) is 31.2 Å². The van der Waals surface area contributed by atoms with Crippen LogP contribution in [0.4, 0.5) is 19.0 Å². The first kappa shape index (κ1) is 29.9. The Morgan fingerprint density at radius 1 is 1.07 bits per heavy atom. The summed E-state index contributed by atoms with van der Waals surface area (Å²) in [6.45, 7) is 6.04. The highest BCUT2D eigenvalue weighted by Crippen LogP contribution is 2.38. The fraction of sp³-hybridized carbons (Fsp3) is 0.375. The molecular weight excluding hydrogens is 557 g/mol. The molecule has 3 saturated heterocycles. The van der Waals surface area contributed by atoms with Gasteiger partial charge in [0.05, 0.1) is 35.8 Å². The lowest BCUT2D eigenvalue weighted by atomic mass is 9.96. The second kappa shape index (κ2) is 12.7. The van der Waals surface area contributed by atoms with Crippen molar-refractivity contribution in [3.8, 4) is 41.9 Å². The normalized spacial score (nSPS) is 21.0. The van der Waals surface area contributed by atoms with Gasteiger partial charge in [-0.05, 0) is 61.9 Å². The average Bonchev–Trinajstić information content (AvgIpc) is 3.74. The maximum Gasteiger partial charge on any atom is 0.316 e. The third-order valence-electron chi connectivity index (χ3n) is 8.08. The van der Waals surface area contributed by atoms with Gasteiger partial charge in [0.25, 0.3) is 0 Å². The Kier molecular flexibility index (Phi) is 8.84. The molecule has 2 aromatic carbocycles. The van der Waals surface area contributed by atoms with Crippen molar-refractivity contribution in [2.24, 2.45) is 0 Å². The summed E-state index contributed by atoms with van der Waals surface area (Å²) in [5.74, 6) is 2.36. The Hall–Kier alpha value is -4.61. The number of phenols is 1. The summed E-state index contributed by atoms with van der Waals surface area (Å²) in [5.41, 5.74) is 1.46. The first-order valence-electron chi connectivity index (χ1n) is 14.0. The van der Waals surface area contributed by atoms with Crippen molar-refractivity contribution in [3.05, 3.63) is 47.9 Å². The van der Waals surface area contributed by atoms with E-state index in [-0.39, 0.29) is 23.9 Å². The molecule has 0 aliphatic carbocycles. The van der Waals surface area contributed by atoms with Crippen molar-refractivity contribution in [1.29, 1.82) is 5.26 Å². The Bertz CT molecular complexity index is 1700. The maximum absolute atomic E-state index is 14.5. The van der Waals surface area contributed by atoms with Crippen LogP contribution in [0.5, 0.6) is 11.8 Å². The molecule has 0 bridgehead atoms. The molecule has 1 N–H and O–H groups in total. The van der Waals surface area contributed by atoms with Crippen LogP contribution in [0.15, 0.2) is 36.5 Å². The van der Waals surface area contributed by atoms with E-state index in [1.165, 1.54) is 38.2 Å². The largest absolute Gasteiger partial charge is 0.508 e. The molecule has 222 valence electrons. The number of nitriles is 1. The number of halogens is 3. The standard InChI is InChI=1S/C24H18F2N4O2.C7H12FN.CHN/c1-3-16-19(26)5-4-13-8-15(31)9-17(22(13)16)20-10-21-18(11-27-24(29-21)32-2)23(28-20)30-7-6-14(25)12-30;8-6-4-7-2-1-3-9(7)5-6;1-2/h1,4-5,8-11,14,31H,6-7,12H2,2H3;6-7H,1-5H2;1H. The van der Waals surface area contributed by atoms with E-state index in [9.17, 15) is 18.3 Å². The monoisotopic (exact) mass is 588 g/mol. The zero-order chi connectivity index (χ0) is 30.7. The van der Waals surface area contributed by atoms with Crippen molar-refractivity contribution in [2.75, 3.05) is 38.2 Å². The van der Waals surface area contributed by atoms with Gasteiger partial charge in [-0.3, -0.25) is 4.90 Å². The number of terminal acetylenes is 1. The summed E-state index contributed by atoms with van der Waals surface area (Å²) in [4.78, 5) is 17.5. The molecule has 7 rings (SSSR count). The minimum absolute atomic E-state index is 0.0178. The number of methoxy groups -OCH3 is 1. The minimum Gasteiger partial charge on any atom is -0.508 e. The number of ether oxygens (including phenoxy) is 1. The number of rotatable bonds is 3. The highest BCUT2D eigenvalue weighted by Gasteiger charge is 2.34. The molecular formula is C32H31F3N6O2. The third-order valence-corrected chi connectivity index (χ3v) is 8.08. The van der Waals surface area contributed by atoms with Gasteiger partial charge in [0.1, 0.15) is 29.7 Å². The number of aromatic nitrogens is 3. The van der Waals surface area contributed by atoms with Crippen LogP contribution in [0.25, 0.3) is 32.9 Å². The van der Waals surface area contributed by atoms with E-state index in [1.54, 1.807) is 18.3 Å². The van der Waals surface area contributed by atoms with Gasteiger partial charge < -0.3 is 14.7 Å². The molecule has 4 aromatic rings. The molecule has 0 radical (unpaired) electrons. The third kappa shape index (κ3) is 5.99. The SMILES string of the molecule is C#Cc1c(F)ccc2cc(O)cc(-c3cc4nc(OC)ncc4c(N4CCC(F)C4)n3)c12.C#N.FC1CC2CCCN2C1. The van der Waals surface area contributed by atoms with Crippen LogP contribution in [0.3, 0.4) is 0 Å². The summed E-state index contributed by atoms with van der Waals surface area (Å²) in [6.07, 6.45) is 9.45. The molecule has 5 heterocycles. The second-order valence-electron chi connectivity index (χ2n) is 10.7. The number of hydrogen-bond donors (Lipinski definition) is 1. The van der Waals surface area contributed by atoms with Crippen LogP contribution in [0, 0.1) is 30.0 Å². The molecule has 3 fully saturated rings. The van der Waals surface area contributed by atoms with Crippen LogP contribution in [-0.4, -0.2) is 76.6 Å². The Balaban J connectivity index is 0.000000281. The van der Waals surface area contributed by atoms with Gasteiger partial charge >= 0.3 is 6.01 Å². The first-order chi connectivity index (χ1) is 20.8. The molecule has 3 aliphatic heterocycles. The number of nitrogens with zero attached hydrogens (tertiary/aromatic N) is 6. The molecule has 8 nitrogen and oxygen atoms in total. The summed E-state index contributed by atoms with van der Waals surface area (Å²) >= 11 is 0. The van der Waals surface area contributed by atoms with Crippen LogP contribution < -0.4 is 9.64 Å². The zero-order valence-corrected chi connectivity index (χ0v) is 23.7. The Morgan fingerprint density at radius 2 is 1.88 bits per heavy atom. The van der Waals surface area contributed by atoms with E-state index < -0.39 is 18.2 Å². The Morgan fingerprint density at radius 3 is 2.58 bits per heavy atom. The van der Waals surface area contributed by atoms with Crippen molar-refractivity contribution < 1.29 is 23.0 Å². The topological polar surface area (TPSA) is 98.4 Å². The number of fused-ring (bicyclic) bond motifs is 3. The number of aromatic hydroxyl groups is 1. The molecule has 43 heavy (non-hydrogen) atoms. The molecule has 0 saturated carbocycles. The molecule has 2 aromatic heterocycles. The van der Waals surface area contributed by atoms with Crippen molar-refractivity contribution in [1.82, 2.24) is 19.9 Å². The lowest BCUT2D eigenvalue weighted by molar-refractivity contribution is 0.292. The van der Waals surface area contributed by atoms with Gasteiger partial charge in [-0.2, -0.15) is 4.98 Å². The highest BCUT2D eigenvalue weighted by molar-refractivity contribution is 6.03. The second-order valence-corrected chi connectivity index (χ2v) is 10.7. The fourth-order valence-electron chi connectivity index (χ4n) is 6.18. The summed E-state index contributed by atoms with van der Waals surface area (Å²) < 4.78 is 46.3. The van der Waals surface area contributed by atoms with Gasteiger partial charge in [0, 0.05) is 42.9 Å². The summed E-state index contributed by atoms with van der Waals surface area (Å²) in [5, 5.41) is 18.5. The molecule has 3 atom stereocenters. The van der Waals surface area contributed by atoms with E-state index in [4.69, 9.17) is 21.4 Å². The van der Waals surface area contributed by atoms with E-state index in [2.05, 4.69) is 27.4 Å². The van der Waals surface area contributed by atoms with E-state index in [1.807, 2.05) is 4.90 Å². The highest BCUT2D eigenvalue weighted by atomic mass is 19.1. The molecule has 3 unspecified atom stereocenters. The maximum atomic E-state index is 14.5. The molecule has 3 aliphatic rings. The van der Waals surface area contributed by atoms with Crippen LogP contribution >= 0.6 is 0 Å². The van der Waals surface area contributed by atoms with E-state index in [0.717, 1.165) is 13.0 Å². The van der Waals surface area contributed by atoms with E-state index in [0.29, 0.717) is 64.3 Å². The predicted octanol–water partition coefficient (Wildman–Crippen LogP) is 5.56. The molecule has 0 amide bonds. The quantitative estimate of drug-likeness (QED) is 0.311. The molecule has 11 heteroatoms. The zero-order valence-electron chi connectivity index (χ0n) is 23.7. The number of anilines is 1. The number of pyridine rings is 1. The smallest absolute Gasteiger partial charge is 0.316 e. The van der Waals surface area contributed by atoms with Crippen molar-refractivity contribution in [2.45, 2.75) is 44.1 Å². The summed E-state index contributed by atoms with van der Waals surface area (Å²) in [7, 11) is 1.46. The number of benzene rings is 2. The van der Waals surface area contributed by atoms with Gasteiger partial charge in [-0.15, -0.1) is 6.42 Å². The lowest BCUT2D eigenvalue weighted by Crippen LogP contribution is -2.22. The average molecular weight is 589 g/mol.